The van der Waals surface area contributed by atoms with Crippen LogP contribution in [-0.2, 0) is 27.9 Å². The van der Waals surface area contributed by atoms with Crippen LogP contribution >= 0.6 is 7.82 Å². The van der Waals surface area contributed by atoms with Gasteiger partial charge >= 0.3 is 13.8 Å². The molecule has 1 amide bonds. The lowest BCUT2D eigenvalue weighted by molar-refractivity contribution is -0.870. The van der Waals surface area contributed by atoms with Crippen molar-refractivity contribution in [3.8, 4) is 0 Å². The molecule has 0 aromatic rings. The summed E-state index contributed by atoms with van der Waals surface area (Å²) < 4.78 is 30.5. The molecule has 0 radical (unpaired) electrons. The minimum atomic E-state index is -4.45. The molecule has 0 spiro atoms. The third kappa shape index (κ3) is 47.3. The summed E-state index contributed by atoms with van der Waals surface area (Å²) >= 11 is 0. The number of esters is 1. The molecule has 0 aromatic carbocycles. The first-order valence-corrected chi connectivity index (χ1v) is 29.3. The molecule has 0 rings (SSSR count). The van der Waals surface area contributed by atoms with Gasteiger partial charge in [0.25, 0.3) is 0 Å². The molecular weight excluding hydrogens is 844 g/mol. The number of carbonyl (C=O) groups excluding carboxylic acids is 2. The first-order chi connectivity index (χ1) is 31.9. The van der Waals surface area contributed by atoms with E-state index in [0.717, 1.165) is 51.4 Å². The lowest BCUT2D eigenvalue weighted by Crippen LogP contribution is -2.47. The quantitative estimate of drug-likeness (QED) is 0.0205. The normalized spacial score (nSPS) is 14.1. The number of phosphoric acid groups is 1. The molecule has 0 fully saturated rings. The minimum Gasteiger partial charge on any atom is -0.456 e. The number of likely N-dealkylation sites (N-methyl/N-ethyl adjacent to an activating group) is 1. The van der Waals surface area contributed by atoms with Gasteiger partial charge in [-0.05, 0) is 51.0 Å². The maximum absolute atomic E-state index is 13.5. The van der Waals surface area contributed by atoms with Crippen molar-refractivity contribution in [3.63, 3.8) is 0 Å². The van der Waals surface area contributed by atoms with Crippen molar-refractivity contribution in [1.29, 1.82) is 0 Å². The number of nitrogens with zero attached hydrogens (tertiary/aromatic N) is 1. The molecule has 0 aliphatic rings. The molecule has 66 heavy (non-hydrogen) atoms. The van der Waals surface area contributed by atoms with E-state index in [-0.39, 0.29) is 31.5 Å². The van der Waals surface area contributed by atoms with E-state index in [2.05, 4.69) is 44.3 Å². The molecule has 388 valence electrons. The highest BCUT2D eigenvalue weighted by Crippen LogP contribution is 2.43. The van der Waals surface area contributed by atoms with E-state index >= 15 is 0 Å². The Kier molecular flexibility index (Phi) is 45.7. The summed E-state index contributed by atoms with van der Waals surface area (Å²) in [5.41, 5.74) is 0. The van der Waals surface area contributed by atoms with E-state index in [1.807, 2.05) is 39.4 Å². The third-order valence-electron chi connectivity index (χ3n) is 12.3. The van der Waals surface area contributed by atoms with Crippen molar-refractivity contribution in [3.05, 3.63) is 36.5 Å². The molecule has 0 aliphatic carbocycles. The number of ether oxygens (including phenoxy) is 1. The standard InChI is InChI=1S/C56H107N2O7P/c1-7-10-13-16-19-22-25-28-31-33-36-39-42-45-48-55(59)57-53(52-64-66(61,62)63-51-50-58(4,5)6)54(47-44-41-38-35-32-29-26-23-20-17-14-11-8-2)65-56(60)49-46-43-40-37-34-30-27-24-21-18-15-12-9-3/h30,34,40,43-44,47,53-54H,7-29,31-33,35-39,41-42,45-46,48-52H2,1-6H3,(H-,57,59,61,62)/p+1/b34-30-,43-40+,47-44+. The number of phosphoric ester groups is 1. The fourth-order valence-electron chi connectivity index (χ4n) is 7.99. The molecule has 0 aromatic heterocycles. The van der Waals surface area contributed by atoms with Crippen molar-refractivity contribution < 1.29 is 37.3 Å². The highest BCUT2D eigenvalue weighted by atomic mass is 31.2. The van der Waals surface area contributed by atoms with Crippen LogP contribution in [-0.4, -0.2) is 74.3 Å². The SMILES string of the molecule is CCCCCCCC/C=C\C/C=C/CCC(=O)OC(/C=C/CCCCCCCCCCCCC)C(COP(=O)(O)OCC[N+](C)(C)C)NC(=O)CCCCCCCCCCCCCCCC. The van der Waals surface area contributed by atoms with Gasteiger partial charge in [-0.1, -0.05) is 231 Å². The largest absolute Gasteiger partial charge is 0.472 e. The average molecular weight is 952 g/mol. The smallest absolute Gasteiger partial charge is 0.456 e. The highest BCUT2D eigenvalue weighted by molar-refractivity contribution is 7.47. The van der Waals surface area contributed by atoms with Crippen LogP contribution in [0.2, 0.25) is 0 Å². The number of carbonyl (C=O) groups is 2. The Morgan fingerprint density at radius 3 is 1.39 bits per heavy atom. The number of nitrogens with one attached hydrogen (secondary N) is 1. The number of hydrogen-bond donors (Lipinski definition) is 2. The summed E-state index contributed by atoms with van der Waals surface area (Å²) in [7, 11) is 1.48. The van der Waals surface area contributed by atoms with Crippen molar-refractivity contribution in [2.24, 2.45) is 0 Å². The maximum atomic E-state index is 13.5. The van der Waals surface area contributed by atoms with Gasteiger partial charge in [-0.25, -0.2) is 4.57 Å². The Hall–Kier alpha value is -1.77. The van der Waals surface area contributed by atoms with Gasteiger partial charge in [0.05, 0.1) is 33.8 Å². The number of hydrogen-bond acceptors (Lipinski definition) is 6. The van der Waals surface area contributed by atoms with Crippen molar-refractivity contribution in [2.75, 3.05) is 40.9 Å². The summed E-state index contributed by atoms with van der Waals surface area (Å²) in [4.78, 5) is 37.4. The predicted octanol–water partition coefficient (Wildman–Crippen LogP) is 16.4. The zero-order chi connectivity index (χ0) is 48.7. The monoisotopic (exact) mass is 952 g/mol. The van der Waals surface area contributed by atoms with E-state index in [0.29, 0.717) is 23.9 Å². The fourth-order valence-corrected chi connectivity index (χ4v) is 8.73. The molecular formula is C56H108N2O7P+. The first kappa shape index (κ1) is 64.2. The van der Waals surface area contributed by atoms with Gasteiger partial charge in [0.15, 0.2) is 0 Å². The number of quaternary nitrogens is 1. The zero-order valence-electron chi connectivity index (χ0n) is 44.2. The Labute approximate surface area is 408 Å². The molecule has 2 N–H and O–H groups in total. The minimum absolute atomic E-state index is 0.0349. The second-order valence-corrected chi connectivity index (χ2v) is 21.6. The van der Waals surface area contributed by atoms with Gasteiger partial charge in [-0.3, -0.25) is 18.6 Å². The van der Waals surface area contributed by atoms with Gasteiger partial charge in [-0.2, -0.15) is 0 Å². The Balaban J connectivity index is 5.46. The topological polar surface area (TPSA) is 111 Å². The van der Waals surface area contributed by atoms with Gasteiger partial charge in [-0.15, -0.1) is 0 Å². The van der Waals surface area contributed by atoms with Crippen molar-refractivity contribution >= 4 is 19.7 Å². The lowest BCUT2D eigenvalue weighted by atomic mass is 10.0. The predicted molar refractivity (Wildman–Crippen MR) is 282 cm³/mol. The van der Waals surface area contributed by atoms with E-state index in [1.54, 1.807) is 0 Å². The van der Waals surface area contributed by atoms with Crippen LogP contribution in [0.5, 0.6) is 0 Å². The van der Waals surface area contributed by atoms with Crippen LogP contribution in [0.4, 0.5) is 0 Å². The lowest BCUT2D eigenvalue weighted by Gasteiger charge is -2.27. The van der Waals surface area contributed by atoms with Gasteiger partial charge in [0.2, 0.25) is 5.91 Å². The van der Waals surface area contributed by atoms with Gasteiger partial charge in [0, 0.05) is 12.8 Å². The van der Waals surface area contributed by atoms with Crippen LogP contribution in [0, 0.1) is 0 Å². The summed E-state index contributed by atoms with van der Waals surface area (Å²) in [5, 5.41) is 3.03. The zero-order valence-corrected chi connectivity index (χ0v) is 45.1. The molecule has 0 bridgehead atoms. The number of allylic oxidation sites excluding steroid dienone is 5. The highest BCUT2D eigenvalue weighted by Gasteiger charge is 2.30. The van der Waals surface area contributed by atoms with Crippen LogP contribution in [0.15, 0.2) is 36.5 Å². The summed E-state index contributed by atoms with van der Waals surface area (Å²) in [6, 6.07) is -0.864. The molecule has 9 nitrogen and oxygen atoms in total. The van der Waals surface area contributed by atoms with Crippen molar-refractivity contribution in [1.82, 2.24) is 5.32 Å². The molecule has 0 heterocycles. The van der Waals surface area contributed by atoms with E-state index < -0.39 is 20.0 Å². The van der Waals surface area contributed by atoms with E-state index in [4.69, 9.17) is 13.8 Å². The summed E-state index contributed by atoms with van der Waals surface area (Å²) in [6.45, 7) is 6.98. The van der Waals surface area contributed by atoms with E-state index in [9.17, 15) is 19.0 Å². The summed E-state index contributed by atoms with van der Waals surface area (Å²) in [6.07, 6.45) is 54.3. The molecule has 3 unspecified atom stereocenters. The van der Waals surface area contributed by atoms with Crippen LogP contribution in [0.1, 0.15) is 258 Å². The van der Waals surface area contributed by atoms with Gasteiger partial charge in [0.1, 0.15) is 19.3 Å². The molecule has 10 heteroatoms. The van der Waals surface area contributed by atoms with Crippen LogP contribution < -0.4 is 5.32 Å². The number of amides is 1. The van der Waals surface area contributed by atoms with Crippen LogP contribution in [0.3, 0.4) is 0 Å². The average Bonchev–Trinajstić information content (AvgIpc) is 3.27. The third-order valence-corrected chi connectivity index (χ3v) is 13.3. The Morgan fingerprint density at radius 1 is 0.530 bits per heavy atom. The molecule has 0 aliphatic heterocycles. The summed E-state index contributed by atoms with van der Waals surface area (Å²) in [5.74, 6) is -0.575. The fraction of sp³-hybridized carbons (Fsp3) is 0.857. The molecule has 0 saturated heterocycles. The molecule has 3 atom stereocenters. The number of rotatable bonds is 50. The van der Waals surface area contributed by atoms with Crippen LogP contribution in [0.25, 0.3) is 0 Å². The maximum Gasteiger partial charge on any atom is 0.472 e. The first-order valence-electron chi connectivity index (χ1n) is 27.8. The molecule has 0 saturated carbocycles. The Morgan fingerprint density at radius 2 is 0.939 bits per heavy atom. The van der Waals surface area contributed by atoms with Crippen molar-refractivity contribution in [2.45, 2.75) is 270 Å². The number of unbranched alkanes of at least 4 members (excludes halogenated alkanes) is 30. The Bertz CT molecular complexity index is 1230. The van der Waals surface area contributed by atoms with E-state index in [1.165, 1.54) is 167 Å². The second-order valence-electron chi connectivity index (χ2n) is 20.1. The second kappa shape index (κ2) is 46.9. The van der Waals surface area contributed by atoms with Gasteiger partial charge < -0.3 is 19.4 Å².